The first kappa shape index (κ1) is 23.0. The monoisotopic (exact) mass is 470 g/mol. The predicted molar refractivity (Wildman–Crippen MR) is 106 cm³/mol. The van der Waals surface area contributed by atoms with Crippen LogP contribution in [0.5, 0.6) is 11.5 Å². The van der Waals surface area contributed by atoms with E-state index in [0.29, 0.717) is 6.07 Å². The number of ether oxygens (including phenoxy) is 1. The molecule has 0 spiro atoms. The fourth-order valence-electron chi connectivity index (χ4n) is 2.52. The Morgan fingerprint density at radius 3 is 2.25 bits per heavy atom. The van der Waals surface area contributed by atoms with Gasteiger partial charge in [-0.1, -0.05) is 23.7 Å². The molecule has 3 aromatic carbocycles. The minimum Gasteiger partial charge on any atom is -0.456 e. The molecule has 0 saturated heterocycles. The van der Waals surface area contributed by atoms with Gasteiger partial charge in [-0.15, -0.1) is 0 Å². The van der Waals surface area contributed by atoms with Crippen LogP contribution in [0.1, 0.15) is 15.9 Å². The maximum absolute atomic E-state index is 14.3. The largest absolute Gasteiger partial charge is 0.456 e. The Hall–Kier alpha value is -3.66. The van der Waals surface area contributed by atoms with Crippen LogP contribution >= 0.6 is 11.6 Å². The lowest BCUT2D eigenvalue weighted by atomic mass is 10.2. The van der Waals surface area contributed by atoms with E-state index in [1.54, 1.807) is 0 Å². The quantitative estimate of drug-likeness (QED) is 0.434. The number of amides is 3. The molecule has 0 heterocycles. The van der Waals surface area contributed by atoms with Crippen molar-refractivity contribution >= 4 is 29.2 Å². The van der Waals surface area contributed by atoms with Crippen LogP contribution in [0.3, 0.4) is 0 Å². The van der Waals surface area contributed by atoms with E-state index >= 15 is 0 Å². The molecule has 0 bridgehead atoms. The Morgan fingerprint density at radius 1 is 0.906 bits per heavy atom. The van der Waals surface area contributed by atoms with Crippen molar-refractivity contribution in [1.29, 1.82) is 0 Å². The summed E-state index contributed by atoms with van der Waals surface area (Å²) < 4.78 is 71.3. The average molecular weight is 471 g/mol. The van der Waals surface area contributed by atoms with E-state index in [-0.39, 0.29) is 27.8 Å². The van der Waals surface area contributed by atoms with E-state index < -0.39 is 35.3 Å². The molecule has 11 heteroatoms. The van der Waals surface area contributed by atoms with Crippen molar-refractivity contribution in [3.8, 4) is 11.5 Å². The SMILES string of the molecule is O=C(NC(=O)c1ccccc1F)Nc1ccc(Oc2ccc(C(F)(F)F)cc2Cl)cc1F. The van der Waals surface area contributed by atoms with Gasteiger partial charge >= 0.3 is 12.2 Å². The normalized spacial score (nSPS) is 11.1. The highest BCUT2D eigenvalue weighted by molar-refractivity contribution is 6.32. The van der Waals surface area contributed by atoms with Gasteiger partial charge in [0.15, 0.2) is 0 Å². The van der Waals surface area contributed by atoms with Crippen LogP contribution < -0.4 is 15.4 Å². The highest BCUT2D eigenvalue weighted by Gasteiger charge is 2.31. The third kappa shape index (κ3) is 5.52. The number of anilines is 1. The van der Waals surface area contributed by atoms with Crippen LogP contribution in [-0.4, -0.2) is 11.9 Å². The summed E-state index contributed by atoms with van der Waals surface area (Å²) >= 11 is 5.79. The van der Waals surface area contributed by atoms with E-state index in [1.165, 1.54) is 18.2 Å². The van der Waals surface area contributed by atoms with Crippen LogP contribution in [0, 0.1) is 11.6 Å². The van der Waals surface area contributed by atoms with Gasteiger partial charge in [-0.05, 0) is 42.5 Å². The predicted octanol–water partition coefficient (Wildman–Crippen LogP) is 6.39. The van der Waals surface area contributed by atoms with Gasteiger partial charge in [0.05, 0.1) is 21.8 Å². The second-order valence-electron chi connectivity index (χ2n) is 6.27. The van der Waals surface area contributed by atoms with Crippen molar-refractivity contribution in [2.45, 2.75) is 6.18 Å². The highest BCUT2D eigenvalue weighted by atomic mass is 35.5. The summed E-state index contributed by atoms with van der Waals surface area (Å²) in [6.07, 6.45) is -4.59. The van der Waals surface area contributed by atoms with E-state index in [9.17, 15) is 31.5 Å². The van der Waals surface area contributed by atoms with E-state index in [4.69, 9.17) is 16.3 Å². The summed E-state index contributed by atoms with van der Waals surface area (Å²) in [6, 6.07) is 9.41. The van der Waals surface area contributed by atoms with E-state index in [1.807, 2.05) is 5.32 Å². The lowest BCUT2D eigenvalue weighted by molar-refractivity contribution is -0.137. The molecule has 0 unspecified atom stereocenters. The van der Waals surface area contributed by atoms with Gasteiger partial charge in [0, 0.05) is 6.07 Å². The Morgan fingerprint density at radius 2 is 1.62 bits per heavy atom. The van der Waals surface area contributed by atoms with Crippen molar-refractivity contribution < 1.29 is 36.3 Å². The van der Waals surface area contributed by atoms with Crippen molar-refractivity contribution in [3.63, 3.8) is 0 Å². The Labute approximate surface area is 182 Å². The number of nitrogens with one attached hydrogen (secondary N) is 2. The number of carbonyl (C=O) groups is 2. The van der Waals surface area contributed by atoms with Crippen molar-refractivity contribution in [1.82, 2.24) is 5.32 Å². The van der Waals surface area contributed by atoms with Crippen LogP contribution in [-0.2, 0) is 6.18 Å². The molecule has 0 aliphatic carbocycles. The number of urea groups is 1. The van der Waals surface area contributed by atoms with Crippen LogP contribution in [0.4, 0.5) is 32.4 Å². The van der Waals surface area contributed by atoms with Crippen LogP contribution in [0.15, 0.2) is 60.7 Å². The second-order valence-corrected chi connectivity index (χ2v) is 6.68. The summed E-state index contributed by atoms with van der Waals surface area (Å²) in [6.45, 7) is 0. The molecule has 0 aromatic heterocycles. The molecule has 3 rings (SSSR count). The number of imide groups is 1. The molecule has 3 amide bonds. The molecule has 5 nitrogen and oxygen atoms in total. The first-order chi connectivity index (χ1) is 15.0. The zero-order chi connectivity index (χ0) is 23.5. The standard InChI is InChI=1S/C21H12ClF5N2O3/c22-14-9-11(21(25,26)27)5-8-18(14)32-12-6-7-17(16(24)10-12)28-20(31)29-19(30)13-3-1-2-4-15(13)23/h1-10H,(H2,28,29,30,31). The van der Waals surface area contributed by atoms with E-state index in [0.717, 1.165) is 36.4 Å². The molecule has 0 fully saturated rings. The smallest absolute Gasteiger partial charge is 0.416 e. The number of halogens is 6. The van der Waals surface area contributed by atoms with Gasteiger partial charge in [-0.2, -0.15) is 13.2 Å². The third-order valence-corrected chi connectivity index (χ3v) is 4.32. The maximum Gasteiger partial charge on any atom is 0.416 e. The summed E-state index contributed by atoms with van der Waals surface area (Å²) in [5.74, 6) is -3.10. The molecular weight excluding hydrogens is 459 g/mol. The van der Waals surface area contributed by atoms with Crippen LogP contribution in [0.2, 0.25) is 5.02 Å². The minimum absolute atomic E-state index is 0.113. The van der Waals surface area contributed by atoms with Gasteiger partial charge in [-0.25, -0.2) is 13.6 Å². The number of hydrogen-bond donors (Lipinski definition) is 2. The zero-order valence-electron chi connectivity index (χ0n) is 15.8. The van der Waals surface area contributed by atoms with Gasteiger partial charge < -0.3 is 10.1 Å². The molecule has 3 aromatic rings. The summed E-state index contributed by atoms with van der Waals surface area (Å²) in [4.78, 5) is 23.8. The van der Waals surface area contributed by atoms with Gasteiger partial charge in [0.25, 0.3) is 5.91 Å². The molecule has 0 radical (unpaired) electrons. The van der Waals surface area contributed by atoms with E-state index in [2.05, 4.69) is 5.32 Å². The number of alkyl halides is 3. The molecule has 166 valence electrons. The van der Waals surface area contributed by atoms with Crippen LogP contribution in [0.25, 0.3) is 0 Å². The van der Waals surface area contributed by atoms with Gasteiger partial charge in [0.1, 0.15) is 23.1 Å². The zero-order valence-corrected chi connectivity index (χ0v) is 16.5. The Bertz CT molecular complexity index is 1180. The number of rotatable bonds is 4. The van der Waals surface area contributed by atoms with Gasteiger partial charge in [-0.3, -0.25) is 10.1 Å². The Balaban J connectivity index is 1.67. The molecule has 0 aliphatic rings. The summed E-state index contributed by atoms with van der Waals surface area (Å²) in [7, 11) is 0. The fraction of sp³-hybridized carbons (Fsp3) is 0.0476. The first-order valence-electron chi connectivity index (χ1n) is 8.75. The average Bonchev–Trinajstić information content (AvgIpc) is 2.71. The van der Waals surface area contributed by atoms with Crippen molar-refractivity contribution in [3.05, 3.63) is 88.4 Å². The highest BCUT2D eigenvalue weighted by Crippen LogP contribution is 2.36. The molecular formula is C21H12ClF5N2O3. The molecule has 2 N–H and O–H groups in total. The minimum atomic E-state index is -4.59. The van der Waals surface area contributed by atoms with Gasteiger partial charge in [0.2, 0.25) is 0 Å². The van der Waals surface area contributed by atoms with Crippen molar-refractivity contribution in [2.75, 3.05) is 5.32 Å². The topological polar surface area (TPSA) is 67.4 Å². The van der Waals surface area contributed by atoms with Crippen molar-refractivity contribution in [2.24, 2.45) is 0 Å². The third-order valence-electron chi connectivity index (χ3n) is 4.02. The maximum atomic E-state index is 14.3. The number of hydrogen-bond acceptors (Lipinski definition) is 3. The first-order valence-corrected chi connectivity index (χ1v) is 9.13. The Kier molecular flexibility index (Phi) is 6.64. The summed E-state index contributed by atoms with van der Waals surface area (Å²) in [5.41, 5.74) is -1.69. The number of carbonyl (C=O) groups excluding carboxylic acids is 2. The number of benzene rings is 3. The lowest BCUT2D eigenvalue weighted by Crippen LogP contribution is -2.35. The molecule has 0 atom stereocenters. The fourth-order valence-corrected chi connectivity index (χ4v) is 2.74. The summed E-state index contributed by atoms with van der Waals surface area (Å²) in [5, 5.41) is 3.60. The lowest BCUT2D eigenvalue weighted by Gasteiger charge is -2.12. The second kappa shape index (κ2) is 9.23. The molecule has 32 heavy (non-hydrogen) atoms. The molecule has 0 aliphatic heterocycles. The molecule has 0 saturated carbocycles.